The second-order valence-electron chi connectivity index (χ2n) is 21.0. The topological polar surface area (TPSA) is 365 Å². The number of Topliss-reactive ketones (excluding diaryl/α,β-unsaturated/α-hetero) is 1. The van der Waals surface area contributed by atoms with Crippen LogP contribution in [0.3, 0.4) is 0 Å². The smallest absolute Gasteiger partial charge is 0.271 e. The van der Waals surface area contributed by atoms with Crippen LogP contribution in [0.25, 0.3) is 43.4 Å². The maximum Gasteiger partial charge on any atom is 0.271 e. The van der Waals surface area contributed by atoms with E-state index in [-0.39, 0.29) is 64.3 Å². The number of nitrogens with one attached hydrogen (secondary N) is 3. The van der Waals surface area contributed by atoms with E-state index >= 15 is 4.79 Å². The standard InChI is InChI=1S/C58H55N13O10S6/c1-26(43(75)20-71-15-14-31(73)19-71)45-58-68-41(25-86-58)56-64-37(21-84-56)47-32(12-13-34(61-47)55-65-38(22-85-55)49(60)78)53-66-40(23-82-53)52(81)63-36(18-44(59)76)57-70-46(27(2)87-57)42(74)17-33(48(77)29-6-4-3-5-7-29)54-67-39(24-83-54)51(80)62-35(50(79)69-45)16-28-8-10-30(72)11-9-28/h3-13,21-26,31,33,35-36,43,45,48,72-73,75,77H,14-20H2,1-2H3,(H2,59,76)(H2,60,78)(H,62,80)(H,63,81)(H,69,79)/t26-,31?,33-,35-,36-,43-,45-,48+/m0/s1. The maximum absolute atomic E-state index is 15.1. The van der Waals surface area contributed by atoms with Crippen molar-refractivity contribution < 1.29 is 49.2 Å². The van der Waals surface area contributed by atoms with Crippen molar-refractivity contribution in [2.24, 2.45) is 17.4 Å². The van der Waals surface area contributed by atoms with E-state index in [0.717, 1.165) is 45.3 Å². The van der Waals surface area contributed by atoms with E-state index in [4.69, 9.17) is 36.4 Å². The molecule has 11 rings (SSSR count). The minimum atomic E-state index is -1.31. The van der Waals surface area contributed by atoms with Crippen molar-refractivity contribution in [3.05, 3.63) is 147 Å². The summed E-state index contributed by atoms with van der Waals surface area (Å²) >= 11 is 6.88. The van der Waals surface area contributed by atoms with Crippen molar-refractivity contribution in [1.29, 1.82) is 0 Å². The quantitative estimate of drug-likeness (QED) is 0.0621. The highest BCUT2D eigenvalue weighted by atomic mass is 32.1. The van der Waals surface area contributed by atoms with E-state index in [0.29, 0.717) is 83.9 Å². The lowest BCUT2D eigenvalue weighted by atomic mass is 9.90. The number of phenols is 1. The minimum absolute atomic E-state index is 0.0141. The van der Waals surface area contributed by atoms with E-state index in [1.54, 1.807) is 79.2 Å². The molecule has 9 heterocycles. The molecule has 8 atom stereocenters. The van der Waals surface area contributed by atoms with Crippen molar-refractivity contribution in [1.82, 2.24) is 55.7 Å². The van der Waals surface area contributed by atoms with Crippen molar-refractivity contribution in [2.75, 3.05) is 19.6 Å². The molecule has 11 N–H and O–H groups in total. The molecule has 5 amide bonds. The molecule has 23 nitrogen and oxygen atoms in total. The maximum atomic E-state index is 15.1. The Morgan fingerprint density at radius 3 is 2.07 bits per heavy atom. The number of benzene rings is 2. The molecule has 7 aromatic heterocycles. The third-order valence-corrected chi connectivity index (χ3v) is 20.4. The number of nitrogens with two attached hydrogens (primary N) is 2. The molecular weight excluding hydrogens is 1230 g/mol. The summed E-state index contributed by atoms with van der Waals surface area (Å²) in [4.78, 5) is 119. The monoisotopic (exact) mass is 1290 g/mol. The van der Waals surface area contributed by atoms with Gasteiger partial charge in [0.25, 0.3) is 17.7 Å². The van der Waals surface area contributed by atoms with Gasteiger partial charge in [0.1, 0.15) is 76.7 Å². The van der Waals surface area contributed by atoms with Crippen LogP contribution in [0.1, 0.15) is 123 Å². The van der Waals surface area contributed by atoms with E-state index in [1.807, 2.05) is 4.90 Å². The van der Waals surface area contributed by atoms with Crippen LogP contribution in [0.2, 0.25) is 0 Å². The lowest BCUT2D eigenvalue weighted by molar-refractivity contribution is -0.124. The number of hydrogen-bond donors (Lipinski definition) is 9. The number of phenolic OH excluding ortho intramolecular Hbond substituents is 1. The molecule has 29 heteroatoms. The number of aliphatic hydroxyl groups excluding tert-OH is 3. The Hall–Kier alpha value is -7.97. The number of thiazole rings is 6. The fourth-order valence-electron chi connectivity index (χ4n) is 10.1. The molecule has 0 saturated carbocycles. The molecule has 9 aromatic rings. The van der Waals surface area contributed by atoms with Gasteiger partial charge < -0.3 is 47.8 Å². The first-order chi connectivity index (χ1) is 41.8. The summed E-state index contributed by atoms with van der Waals surface area (Å²) in [5, 5.41) is 63.5. The van der Waals surface area contributed by atoms with Crippen LogP contribution in [-0.2, 0) is 16.0 Å². The number of ketones is 1. The van der Waals surface area contributed by atoms with Crippen LogP contribution in [0, 0.1) is 12.8 Å². The fourth-order valence-corrected chi connectivity index (χ4v) is 15.5. The van der Waals surface area contributed by atoms with E-state index in [1.165, 1.54) is 50.9 Å². The molecular formula is C58H55N13O10S6. The molecule has 1 fully saturated rings. The van der Waals surface area contributed by atoms with Gasteiger partial charge in [0.15, 0.2) is 5.78 Å². The molecule has 2 aliphatic rings. The van der Waals surface area contributed by atoms with E-state index in [9.17, 15) is 44.4 Å². The number of aryl methyl sites for hydroxylation is 1. The van der Waals surface area contributed by atoms with Crippen molar-refractivity contribution in [2.45, 2.75) is 81.9 Å². The number of hydrogen-bond acceptors (Lipinski definition) is 24. The number of fused-ring (bicyclic) bond motifs is 14. The van der Waals surface area contributed by atoms with Gasteiger partial charge in [-0.2, -0.15) is 0 Å². The zero-order valence-electron chi connectivity index (χ0n) is 46.2. The number of carbonyl (C=O) groups excluding carboxylic acids is 6. The summed E-state index contributed by atoms with van der Waals surface area (Å²) in [6.07, 6.45) is -3.18. The number of aromatic hydroxyl groups is 1. The van der Waals surface area contributed by atoms with Gasteiger partial charge in [-0.3, -0.25) is 33.7 Å². The minimum Gasteiger partial charge on any atom is -0.508 e. The van der Waals surface area contributed by atoms with Gasteiger partial charge in [-0.15, -0.1) is 68.0 Å². The van der Waals surface area contributed by atoms with Crippen molar-refractivity contribution in [3.8, 4) is 49.1 Å². The zero-order valence-corrected chi connectivity index (χ0v) is 51.1. The Bertz CT molecular complexity index is 4030. The molecule has 87 heavy (non-hydrogen) atoms. The Balaban J connectivity index is 1.02. The number of primary amides is 2. The first-order valence-electron chi connectivity index (χ1n) is 27.2. The van der Waals surface area contributed by atoms with Gasteiger partial charge in [-0.25, -0.2) is 34.9 Å². The summed E-state index contributed by atoms with van der Waals surface area (Å²) in [5.74, 6) is -5.82. The second kappa shape index (κ2) is 26.2. The number of likely N-dealkylation sites (tertiary alicyclic amines) is 1. The Kier molecular flexibility index (Phi) is 18.3. The lowest BCUT2D eigenvalue weighted by Crippen LogP contribution is -2.51. The number of nitrogens with zero attached hydrogens (tertiary/aromatic N) is 8. The molecule has 0 radical (unpaired) electrons. The summed E-state index contributed by atoms with van der Waals surface area (Å²) in [5.41, 5.74) is 14.3. The highest BCUT2D eigenvalue weighted by Crippen LogP contribution is 2.41. The van der Waals surface area contributed by atoms with Crippen LogP contribution in [0.15, 0.2) is 93.6 Å². The molecule has 1 saturated heterocycles. The molecule has 448 valence electrons. The van der Waals surface area contributed by atoms with Gasteiger partial charge in [-0.1, -0.05) is 49.4 Å². The number of amides is 5. The molecule has 2 aliphatic heterocycles. The predicted molar refractivity (Wildman–Crippen MR) is 329 cm³/mol. The Labute approximate surface area is 520 Å². The van der Waals surface area contributed by atoms with Crippen LogP contribution in [-0.4, -0.2) is 133 Å². The van der Waals surface area contributed by atoms with Crippen LogP contribution < -0.4 is 27.4 Å². The molecule has 0 spiro atoms. The van der Waals surface area contributed by atoms with E-state index < -0.39 is 83.6 Å². The first-order valence-corrected chi connectivity index (χ1v) is 32.4. The number of pyridine rings is 1. The number of rotatable bonds is 12. The number of β-amino-alcohol motifs (C(OH)–C–C–N with tert-alkyl or cyclic N) is 2. The molecule has 10 bridgehead atoms. The third kappa shape index (κ3) is 13.8. The Morgan fingerprint density at radius 2 is 1.34 bits per heavy atom. The van der Waals surface area contributed by atoms with Gasteiger partial charge in [-0.05, 0) is 48.7 Å². The van der Waals surface area contributed by atoms with Crippen LogP contribution >= 0.6 is 68.0 Å². The summed E-state index contributed by atoms with van der Waals surface area (Å²) < 4.78 is 0. The lowest BCUT2D eigenvalue weighted by Gasteiger charge is -2.31. The molecule has 2 aromatic carbocycles. The van der Waals surface area contributed by atoms with Gasteiger partial charge >= 0.3 is 0 Å². The average Bonchev–Trinajstić information content (AvgIpc) is 3.76. The van der Waals surface area contributed by atoms with Gasteiger partial charge in [0.2, 0.25) is 11.8 Å². The fraction of sp³-hybridized carbons (Fsp3) is 0.293. The normalized spacial score (nSPS) is 19.8. The molecule has 0 aliphatic carbocycles. The van der Waals surface area contributed by atoms with E-state index in [2.05, 4.69) is 25.9 Å². The Morgan fingerprint density at radius 1 is 0.690 bits per heavy atom. The van der Waals surface area contributed by atoms with Gasteiger partial charge in [0, 0.05) is 81.7 Å². The summed E-state index contributed by atoms with van der Waals surface area (Å²) in [7, 11) is 0. The highest BCUT2D eigenvalue weighted by molar-refractivity contribution is 7.15. The van der Waals surface area contributed by atoms with Gasteiger partial charge in [0.05, 0.1) is 47.5 Å². The summed E-state index contributed by atoms with van der Waals surface area (Å²) in [6, 6.07) is 14.9. The highest BCUT2D eigenvalue weighted by Gasteiger charge is 2.37. The molecule has 1 unspecified atom stereocenters. The zero-order chi connectivity index (χ0) is 61.2. The largest absolute Gasteiger partial charge is 0.508 e. The average molecular weight is 1290 g/mol. The van der Waals surface area contributed by atoms with Crippen LogP contribution in [0.5, 0.6) is 5.75 Å². The number of carbonyl (C=O) groups is 6. The summed E-state index contributed by atoms with van der Waals surface area (Å²) in [6.45, 7) is 4.53. The van der Waals surface area contributed by atoms with Crippen molar-refractivity contribution >= 4 is 103 Å². The second-order valence-corrected chi connectivity index (χ2v) is 26.6. The first kappa shape index (κ1) is 60.7. The van der Waals surface area contributed by atoms with Crippen molar-refractivity contribution in [3.63, 3.8) is 0 Å². The SMILES string of the molecule is Cc1sc2nc1C(=O)C[C@@H]([C@H](O)c1ccccc1)c1nc(cs1)C(=O)N[C@@H](Cc1ccc(O)cc1)C(=O)N[C@@H]([C@@H](C)[C@@H](O)CN1CCC(O)C1)c1nc(cs1)-c1nc(cs1)-c1nc(-c3nc(C(N)=O)cs3)ccc1-c1nc(cs1)C(=O)N[C@H]2CC(N)=O. The number of aromatic nitrogens is 7. The third-order valence-electron chi connectivity index (χ3n) is 14.8. The number of aliphatic hydroxyl groups is 3. The van der Waals surface area contributed by atoms with Crippen LogP contribution in [0.4, 0.5) is 0 Å². The predicted octanol–water partition coefficient (Wildman–Crippen LogP) is 6.61.